The fraction of sp³-hybridized carbons (Fsp3) is 0.417. The first-order valence-electron chi connectivity index (χ1n) is 12.0. The second-order valence-corrected chi connectivity index (χ2v) is 8.70. The molecule has 4 rings (SSSR count). The van der Waals surface area contributed by atoms with Crippen LogP contribution in [0.25, 0.3) is 0 Å². The molecule has 210 valence electrons. The number of rotatable bonds is 12. The van der Waals surface area contributed by atoms with Gasteiger partial charge in [0.05, 0.1) is 25.0 Å². The number of carboxylic acids is 2. The van der Waals surface area contributed by atoms with E-state index in [-0.39, 0.29) is 12.3 Å². The zero-order valence-electron chi connectivity index (χ0n) is 20.7. The third kappa shape index (κ3) is 10.5. The van der Waals surface area contributed by atoms with Gasteiger partial charge in [-0.25, -0.2) is 4.79 Å². The van der Waals surface area contributed by atoms with Gasteiger partial charge in [-0.05, 0) is 49.9 Å². The van der Waals surface area contributed by atoms with Gasteiger partial charge in [0.25, 0.3) is 5.91 Å². The van der Waals surface area contributed by atoms with E-state index in [0.717, 1.165) is 36.3 Å². The topological polar surface area (TPSA) is 161 Å². The molecular weight excluding hydrogens is 525 g/mol. The standard InChI is InChI=1S/C22H26N6O4.C2HF3O2/c29-21(30)3-1-2-10-27-14-18(25-26-27)15-28-13-16(12-24-28)11-23-22(31)17-4-6-19(7-5-17)32-20-8-9-20;3-2(4,5)1(6)7/h4-7,12-14,20H,1-3,8-11,15H2,(H,23,31)(H,29,30);(H,6,7). The SMILES string of the molecule is O=C(O)C(F)(F)F.O=C(O)CCCCn1cc(Cn2cc(CNC(=O)c3ccc(OC4CC4)cc3)cn2)nn1. The molecule has 1 fully saturated rings. The highest BCUT2D eigenvalue weighted by Crippen LogP contribution is 2.26. The predicted octanol–water partition coefficient (Wildman–Crippen LogP) is 2.88. The van der Waals surface area contributed by atoms with Crippen molar-refractivity contribution in [3.63, 3.8) is 0 Å². The molecule has 3 aromatic rings. The van der Waals surface area contributed by atoms with E-state index in [2.05, 4.69) is 20.7 Å². The highest BCUT2D eigenvalue weighted by molar-refractivity contribution is 5.94. The molecule has 12 nitrogen and oxygen atoms in total. The first-order valence-corrected chi connectivity index (χ1v) is 12.0. The Morgan fingerprint density at radius 1 is 1.05 bits per heavy atom. The number of hydrogen-bond donors (Lipinski definition) is 3. The molecular formula is C24H27F3N6O6. The monoisotopic (exact) mass is 552 g/mol. The number of aryl methyl sites for hydroxylation is 1. The number of ether oxygens (including phenoxy) is 1. The minimum Gasteiger partial charge on any atom is -0.490 e. The Morgan fingerprint density at radius 3 is 2.36 bits per heavy atom. The minimum absolute atomic E-state index is 0.151. The van der Waals surface area contributed by atoms with Crippen LogP contribution in [0.5, 0.6) is 5.75 Å². The zero-order chi connectivity index (χ0) is 28.4. The number of aliphatic carboxylic acids is 2. The maximum atomic E-state index is 12.4. The van der Waals surface area contributed by atoms with Crippen molar-refractivity contribution < 1.29 is 42.5 Å². The highest BCUT2D eigenvalue weighted by Gasteiger charge is 2.38. The molecule has 15 heteroatoms. The number of benzene rings is 1. The van der Waals surface area contributed by atoms with Crippen LogP contribution < -0.4 is 10.1 Å². The summed E-state index contributed by atoms with van der Waals surface area (Å²) in [6, 6.07) is 7.18. The maximum absolute atomic E-state index is 12.4. The lowest BCUT2D eigenvalue weighted by Gasteiger charge is -2.06. The van der Waals surface area contributed by atoms with E-state index in [1.807, 2.05) is 24.5 Å². The van der Waals surface area contributed by atoms with Gasteiger partial charge in [0.1, 0.15) is 11.4 Å². The molecule has 2 aromatic heterocycles. The van der Waals surface area contributed by atoms with Crippen LogP contribution in [0, 0.1) is 0 Å². The fourth-order valence-corrected chi connectivity index (χ4v) is 3.17. The van der Waals surface area contributed by atoms with E-state index in [0.29, 0.717) is 37.7 Å². The minimum atomic E-state index is -5.08. The van der Waals surface area contributed by atoms with Crippen LogP contribution >= 0.6 is 0 Å². The molecule has 0 saturated heterocycles. The summed E-state index contributed by atoms with van der Waals surface area (Å²) in [7, 11) is 0. The Bertz CT molecular complexity index is 1250. The predicted molar refractivity (Wildman–Crippen MR) is 128 cm³/mol. The molecule has 2 heterocycles. The van der Waals surface area contributed by atoms with Crippen molar-refractivity contribution >= 4 is 17.8 Å². The molecule has 0 bridgehead atoms. The molecule has 39 heavy (non-hydrogen) atoms. The molecule has 1 aromatic carbocycles. The Hall–Kier alpha value is -4.43. The van der Waals surface area contributed by atoms with E-state index in [9.17, 15) is 22.8 Å². The van der Waals surface area contributed by atoms with Gasteiger partial charge in [0, 0.05) is 36.8 Å². The number of halogens is 3. The van der Waals surface area contributed by atoms with Crippen LogP contribution in [-0.2, 0) is 29.2 Å². The van der Waals surface area contributed by atoms with E-state index in [1.165, 1.54) is 0 Å². The molecule has 0 atom stereocenters. The quantitative estimate of drug-likeness (QED) is 0.287. The third-order valence-electron chi connectivity index (χ3n) is 5.26. The van der Waals surface area contributed by atoms with E-state index < -0.39 is 18.1 Å². The number of nitrogens with zero attached hydrogens (tertiary/aromatic N) is 5. The summed E-state index contributed by atoms with van der Waals surface area (Å²) < 4.78 is 40.9. The van der Waals surface area contributed by atoms with Gasteiger partial charge < -0.3 is 20.3 Å². The first kappa shape index (κ1) is 29.1. The van der Waals surface area contributed by atoms with Crippen LogP contribution in [0.2, 0.25) is 0 Å². The average Bonchev–Trinajstić information content (AvgIpc) is 3.39. The van der Waals surface area contributed by atoms with Crippen molar-refractivity contribution in [3.05, 3.63) is 59.7 Å². The lowest BCUT2D eigenvalue weighted by atomic mass is 10.2. The fourth-order valence-electron chi connectivity index (χ4n) is 3.17. The Kier molecular flexibility index (Phi) is 10.0. The van der Waals surface area contributed by atoms with Crippen molar-refractivity contribution in [2.45, 2.75) is 64.0 Å². The van der Waals surface area contributed by atoms with E-state index >= 15 is 0 Å². The van der Waals surface area contributed by atoms with Gasteiger partial charge in [-0.1, -0.05) is 5.21 Å². The number of hydrogen-bond acceptors (Lipinski definition) is 7. The second-order valence-electron chi connectivity index (χ2n) is 8.70. The second kappa shape index (κ2) is 13.4. The van der Waals surface area contributed by atoms with Crippen molar-refractivity contribution in [1.82, 2.24) is 30.1 Å². The zero-order valence-corrected chi connectivity index (χ0v) is 20.7. The molecule has 1 saturated carbocycles. The molecule has 1 amide bonds. The van der Waals surface area contributed by atoms with Gasteiger partial charge >= 0.3 is 18.1 Å². The number of carbonyl (C=O) groups is 3. The summed E-state index contributed by atoms with van der Waals surface area (Å²) in [5, 5.41) is 31.2. The number of carboxylic acid groups (broad SMARTS) is 2. The molecule has 3 N–H and O–H groups in total. The van der Waals surface area contributed by atoms with Crippen molar-refractivity contribution in [3.8, 4) is 5.75 Å². The summed E-state index contributed by atoms with van der Waals surface area (Å²) in [5.74, 6) is -2.90. The van der Waals surface area contributed by atoms with E-state index in [1.54, 1.807) is 27.7 Å². The van der Waals surface area contributed by atoms with Crippen molar-refractivity contribution in [2.75, 3.05) is 0 Å². The normalized spacial score (nSPS) is 12.8. The largest absolute Gasteiger partial charge is 0.490 e. The number of nitrogens with one attached hydrogen (secondary N) is 1. The van der Waals surface area contributed by atoms with Gasteiger partial charge in [-0.3, -0.25) is 19.0 Å². The number of aromatic nitrogens is 5. The highest BCUT2D eigenvalue weighted by atomic mass is 19.4. The number of alkyl halides is 3. The molecule has 0 radical (unpaired) electrons. The van der Waals surface area contributed by atoms with Gasteiger partial charge in [0.15, 0.2) is 0 Å². The van der Waals surface area contributed by atoms with Crippen LogP contribution in [0.3, 0.4) is 0 Å². The van der Waals surface area contributed by atoms with Crippen molar-refractivity contribution in [2.24, 2.45) is 0 Å². The van der Waals surface area contributed by atoms with Gasteiger partial charge in [-0.2, -0.15) is 18.3 Å². The Balaban J connectivity index is 0.000000532. The van der Waals surface area contributed by atoms with Crippen LogP contribution in [0.15, 0.2) is 42.9 Å². The van der Waals surface area contributed by atoms with E-state index in [4.69, 9.17) is 19.7 Å². The summed E-state index contributed by atoms with van der Waals surface area (Å²) in [6.07, 6.45) is 4.36. The average molecular weight is 553 g/mol. The third-order valence-corrected chi connectivity index (χ3v) is 5.26. The van der Waals surface area contributed by atoms with Gasteiger partial charge in [-0.15, -0.1) is 5.10 Å². The van der Waals surface area contributed by atoms with Crippen molar-refractivity contribution in [1.29, 1.82) is 0 Å². The first-order chi connectivity index (χ1) is 18.5. The smallest absolute Gasteiger partial charge is 0.490 e. The summed E-state index contributed by atoms with van der Waals surface area (Å²) in [6.45, 7) is 1.46. The summed E-state index contributed by atoms with van der Waals surface area (Å²) in [5.41, 5.74) is 2.23. The lowest BCUT2D eigenvalue weighted by molar-refractivity contribution is -0.192. The Labute approximate surface area is 220 Å². The summed E-state index contributed by atoms with van der Waals surface area (Å²) >= 11 is 0. The molecule has 0 unspecified atom stereocenters. The molecule has 0 spiro atoms. The molecule has 0 aliphatic heterocycles. The van der Waals surface area contributed by atoms with Crippen LogP contribution in [0.1, 0.15) is 53.7 Å². The Morgan fingerprint density at radius 2 is 1.74 bits per heavy atom. The maximum Gasteiger partial charge on any atom is 0.490 e. The number of unbranched alkanes of at least 4 members (excludes halogenated alkanes) is 1. The van der Waals surface area contributed by atoms with Crippen LogP contribution in [0.4, 0.5) is 13.2 Å². The van der Waals surface area contributed by atoms with Gasteiger partial charge in [0.2, 0.25) is 0 Å². The molecule has 1 aliphatic rings. The number of carbonyl (C=O) groups excluding carboxylic acids is 1. The molecule has 1 aliphatic carbocycles. The lowest BCUT2D eigenvalue weighted by Crippen LogP contribution is -2.22. The van der Waals surface area contributed by atoms with Crippen LogP contribution in [-0.4, -0.2) is 65.1 Å². The summed E-state index contributed by atoms with van der Waals surface area (Å²) in [4.78, 5) is 31.8. The number of amides is 1.